The fourth-order valence-electron chi connectivity index (χ4n) is 0.897. The largest absolute Gasteiger partial charge is 0.459 e. The number of benzene rings is 1. The molecule has 0 saturated heterocycles. The molecule has 0 saturated carbocycles. The maximum Gasteiger partial charge on any atom is 0.384 e. The summed E-state index contributed by atoms with van der Waals surface area (Å²) in [6, 6.07) is 8.88. The van der Waals surface area contributed by atoms with E-state index in [4.69, 9.17) is 0 Å². The van der Waals surface area contributed by atoms with Crippen molar-refractivity contribution in [3.05, 3.63) is 35.9 Å². The molecule has 14 heavy (non-hydrogen) atoms. The number of esters is 1. The molecule has 3 nitrogen and oxygen atoms in total. The van der Waals surface area contributed by atoms with Crippen molar-refractivity contribution < 1.29 is 14.6 Å². The second-order valence-electron chi connectivity index (χ2n) is 2.57. The Kier molecular flexibility index (Phi) is 3.71. The van der Waals surface area contributed by atoms with E-state index in [2.05, 4.69) is 16.6 Å². The normalized spacial score (nSPS) is 11.0. The van der Waals surface area contributed by atoms with E-state index in [9.17, 15) is 9.90 Å². The maximum atomic E-state index is 10.6. The summed E-state index contributed by atoms with van der Waals surface area (Å²) in [5.41, 5.74) is 0.656. The molecule has 1 aromatic rings. The van der Waals surface area contributed by atoms with Gasteiger partial charge < -0.3 is 9.84 Å². The molecule has 0 aliphatic carbocycles. The summed E-state index contributed by atoms with van der Waals surface area (Å²) in [7, 11) is 1.24. The first-order valence-corrected chi connectivity index (χ1v) is 4.06. The van der Waals surface area contributed by atoms with Gasteiger partial charge in [0.25, 0.3) is 0 Å². The minimum Gasteiger partial charge on any atom is -0.459 e. The van der Waals surface area contributed by atoms with Gasteiger partial charge in [0, 0.05) is 5.92 Å². The first-order valence-electron chi connectivity index (χ1n) is 4.06. The van der Waals surface area contributed by atoms with E-state index in [1.54, 1.807) is 24.3 Å². The fourth-order valence-corrected chi connectivity index (χ4v) is 0.897. The average molecular weight is 190 g/mol. The standard InChI is InChI=1S/C11H10O3/c1-14-11(13)8-7-10(12)9-5-3-2-4-6-9/h2-6,10,12H,1H3. The highest BCUT2D eigenvalue weighted by Crippen LogP contribution is 2.09. The van der Waals surface area contributed by atoms with E-state index in [0.29, 0.717) is 5.56 Å². The molecular formula is C11H10O3. The Morgan fingerprint density at radius 2 is 2.07 bits per heavy atom. The van der Waals surface area contributed by atoms with E-state index in [1.807, 2.05) is 6.07 Å². The van der Waals surface area contributed by atoms with Gasteiger partial charge in [-0.25, -0.2) is 4.79 Å². The summed E-state index contributed by atoms with van der Waals surface area (Å²) in [6.45, 7) is 0. The first-order chi connectivity index (χ1) is 6.74. The number of carbonyl (C=O) groups excluding carboxylic acids is 1. The van der Waals surface area contributed by atoms with Crippen LogP contribution in [0.5, 0.6) is 0 Å². The predicted octanol–water partition coefficient (Wildman–Crippen LogP) is 0.896. The molecule has 0 aromatic heterocycles. The van der Waals surface area contributed by atoms with Crippen molar-refractivity contribution in [3.63, 3.8) is 0 Å². The van der Waals surface area contributed by atoms with Crippen LogP contribution >= 0.6 is 0 Å². The molecule has 0 radical (unpaired) electrons. The van der Waals surface area contributed by atoms with Gasteiger partial charge in [-0.05, 0) is 5.56 Å². The van der Waals surface area contributed by atoms with Crippen LogP contribution in [0.1, 0.15) is 11.7 Å². The van der Waals surface area contributed by atoms with Crippen LogP contribution in [0.4, 0.5) is 0 Å². The van der Waals surface area contributed by atoms with Gasteiger partial charge in [0.05, 0.1) is 7.11 Å². The summed E-state index contributed by atoms with van der Waals surface area (Å²) in [5, 5.41) is 9.48. The van der Waals surface area contributed by atoms with Crippen LogP contribution in [-0.4, -0.2) is 18.2 Å². The number of aliphatic hydroxyl groups excluding tert-OH is 1. The number of carbonyl (C=O) groups is 1. The van der Waals surface area contributed by atoms with Gasteiger partial charge in [0.2, 0.25) is 0 Å². The Morgan fingerprint density at radius 1 is 1.43 bits per heavy atom. The summed E-state index contributed by atoms with van der Waals surface area (Å²) in [4.78, 5) is 10.6. The van der Waals surface area contributed by atoms with Gasteiger partial charge in [0.15, 0.2) is 0 Å². The lowest BCUT2D eigenvalue weighted by Gasteiger charge is -2.01. The molecular weight excluding hydrogens is 180 g/mol. The van der Waals surface area contributed by atoms with Crippen molar-refractivity contribution in [1.29, 1.82) is 0 Å². The lowest BCUT2D eigenvalue weighted by atomic mass is 10.1. The van der Waals surface area contributed by atoms with E-state index in [1.165, 1.54) is 7.11 Å². The quantitative estimate of drug-likeness (QED) is 0.406. The second kappa shape index (κ2) is 5.05. The maximum absolute atomic E-state index is 10.6. The lowest BCUT2D eigenvalue weighted by Crippen LogP contribution is -1.98. The molecule has 1 N–H and O–H groups in total. The number of hydrogen-bond acceptors (Lipinski definition) is 3. The second-order valence-corrected chi connectivity index (χ2v) is 2.57. The van der Waals surface area contributed by atoms with Gasteiger partial charge in [-0.15, -0.1) is 0 Å². The van der Waals surface area contributed by atoms with Crippen molar-refractivity contribution in [2.75, 3.05) is 7.11 Å². The van der Waals surface area contributed by atoms with Gasteiger partial charge in [0.1, 0.15) is 6.10 Å². The Hall–Kier alpha value is -1.79. The van der Waals surface area contributed by atoms with E-state index in [-0.39, 0.29) is 0 Å². The third-order valence-electron chi connectivity index (χ3n) is 1.61. The van der Waals surface area contributed by atoms with Crippen molar-refractivity contribution in [3.8, 4) is 11.8 Å². The molecule has 1 aromatic carbocycles. The van der Waals surface area contributed by atoms with Crippen LogP contribution in [-0.2, 0) is 9.53 Å². The molecule has 1 unspecified atom stereocenters. The van der Waals surface area contributed by atoms with Crippen molar-refractivity contribution in [1.82, 2.24) is 0 Å². The highest BCUT2D eigenvalue weighted by molar-refractivity contribution is 5.88. The SMILES string of the molecule is COC(=O)C#CC(O)c1ccccc1. The number of rotatable bonds is 1. The third-order valence-corrected chi connectivity index (χ3v) is 1.61. The van der Waals surface area contributed by atoms with Gasteiger partial charge in [-0.1, -0.05) is 36.3 Å². The Balaban J connectivity index is 2.71. The monoisotopic (exact) mass is 190 g/mol. The first kappa shape index (κ1) is 10.3. The van der Waals surface area contributed by atoms with Crippen molar-refractivity contribution >= 4 is 5.97 Å². The lowest BCUT2D eigenvalue weighted by molar-refractivity contribution is -0.133. The average Bonchev–Trinajstić information content (AvgIpc) is 2.26. The van der Waals surface area contributed by atoms with Crippen LogP contribution in [0.15, 0.2) is 30.3 Å². The summed E-state index contributed by atoms with van der Waals surface area (Å²) in [6.07, 6.45) is -0.949. The zero-order valence-corrected chi connectivity index (χ0v) is 7.73. The van der Waals surface area contributed by atoms with Crippen LogP contribution in [0.25, 0.3) is 0 Å². The molecule has 0 aliphatic heterocycles. The highest BCUT2D eigenvalue weighted by Gasteiger charge is 2.01. The Morgan fingerprint density at radius 3 is 2.64 bits per heavy atom. The molecule has 0 fully saturated rings. The third kappa shape index (κ3) is 2.92. The molecule has 1 atom stereocenters. The summed E-state index contributed by atoms with van der Waals surface area (Å²) >= 11 is 0. The van der Waals surface area contributed by atoms with Gasteiger partial charge in [-0.2, -0.15) is 0 Å². The van der Waals surface area contributed by atoms with Gasteiger partial charge in [-0.3, -0.25) is 0 Å². The van der Waals surface area contributed by atoms with Crippen molar-refractivity contribution in [2.24, 2.45) is 0 Å². The number of hydrogen-bond donors (Lipinski definition) is 1. The Labute approximate surface area is 82.3 Å². The van der Waals surface area contributed by atoms with Crippen molar-refractivity contribution in [2.45, 2.75) is 6.10 Å². The number of aliphatic hydroxyl groups is 1. The van der Waals surface area contributed by atoms with E-state index >= 15 is 0 Å². The zero-order chi connectivity index (χ0) is 10.4. The van der Waals surface area contributed by atoms with E-state index < -0.39 is 12.1 Å². The smallest absolute Gasteiger partial charge is 0.384 e. The Bertz CT molecular complexity index is 359. The summed E-state index contributed by atoms with van der Waals surface area (Å²) in [5.74, 6) is 3.90. The van der Waals surface area contributed by atoms with Crippen LogP contribution in [0, 0.1) is 11.8 Å². The molecule has 1 rings (SSSR count). The number of ether oxygens (including phenoxy) is 1. The minimum absolute atomic E-state index is 0.653. The molecule has 0 spiro atoms. The highest BCUT2D eigenvalue weighted by atomic mass is 16.5. The minimum atomic E-state index is -0.949. The molecule has 0 bridgehead atoms. The summed E-state index contributed by atoms with van der Waals surface area (Å²) < 4.78 is 4.31. The van der Waals surface area contributed by atoms with Gasteiger partial charge >= 0.3 is 5.97 Å². The molecule has 72 valence electrons. The molecule has 3 heteroatoms. The van der Waals surface area contributed by atoms with E-state index in [0.717, 1.165) is 0 Å². The molecule has 0 heterocycles. The topological polar surface area (TPSA) is 46.5 Å². The fraction of sp³-hybridized carbons (Fsp3) is 0.182. The number of methoxy groups -OCH3 is 1. The zero-order valence-electron chi connectivity index (χ0n) is 7.73. The van der Waals surface area contributed by atoms with Crippen LogP contribution in [0.2, 0.25) is 0 Å². The van der Waals surface area contributed by atoms with Crippen LogP contribution in [0.3, 0.4) is 0 Å². The molecule has 0 aliphatic rings. The predicted molar refractivity (Wildman–Crippen MR) is 51.2 cm³/mol. The molecule has 0 amide bonds. The van der Waals surface area contributed by atoms with Crippen LogP contribution < -0.4 is 0 Å².